The van der Waals surface area contributed by atoms with E-state index in [4.69, 9.17) is 9.98 Å². The molecule has 2 aromatic rings. The average molecular weight is 365 g/mol. The summed E-state index contributed by atoms with van der Waals surface area (Å²) in [5.74, 6) is 2.12. The Morgan fingerprint density at radius 2 is 1.32 bits per heavy atom. The van der Waals surface area contributed by atoms with Crippen molar-refractivity contribution in [2.24, 2.45) is 30.0 Å². The van der Waals surface area contributed by atoms with E-state index in [9.17, 15) is 0 Å². The fraction of sp³-hybridized carbons (Fsp3) is 0.143. The zero-order chi connectivity index (χ0) is 18.8. The lowest BCUT2D eigenvalue weighted by molar-refractivity contribution is 0.827. The molecule has 0 radical (unpaired) electrons. The lowest BCUT2D eigenvalue weighted by Crippen LogP contribution is -2.46. The van der Waals surface area contributed by atoms with Crippen molar-refractivity contribution in [2.45, 2.75) is 19.8 Å². The number of fused-ring (bicyclic) bond motifs is 3. The van der Waals surface area contributed by atoms with Crippen LogP contribution < -0.4 is 0 Å². The molecule has 0 atom stereocenters. The third-order valence-electron chi connectivity index (χ3n) is 5.31. The molecule has 0 aromatic heterocycles. The lowest BCUT2D eigenvalue weighted by atomic mass is 9.94. The zero-order valence-electron chi connectivity index (χ0n) is 15.3. The van der Waals surface area contributed by atoms with Crippen molar-refractivity contribution in [1.82, 2.24) is 4.90 Å². The van der Waals surface area contributed by atoms with Gasteiger partial charge in [0.2, 0.25) is 17.9 Å². The molecule has 0 unspecified atom stereocenters. The summed E-state index contributed by atoms with van der Waals surface area (Å²) in [7, 11) is 0. The highest BCUT2D eigenvalue weighted by atomic mass is 15.5. The Morgan fingerprint density at radius 3 is 2.00 bits per heavy atom. The third-order valence-corrected chi connectivity index (χ3v) is 5.31. The quantitative estimate of drug-likeness (QED) is 0.764. The molecule has 2 aromatic carbocycles. The number of amidine groups is 1. The standard InChI is InChI=1S/C21H15N7/c1-11-3-5-13-15(7-11)16-8-12(2)4-6-14(16)17(13)18-26-20-24-9-22-19-23-10-25-21(27-18)28(19)20/h3-10,17H,1-2H3. The maximum atomic E-state index is 4.77. The summed E-state index contributed by atoms with van der Waals surface area (Å²) < 4.78 is 0. The van der Waals surface area contributed by atoms with Crippen molar-refractivity contribution >= 4 is 36.4 Å². The summed E-state index contributed by atoms with van der Waals surface area (Å²) in [5, 5.41) is 0. The molecule has 1 aliphatic carbocycles. The summed E-state index contributed by atoms with van der Waals surface area (Å²) in [5.41, 5.74) is 7.38. The van der Waals surface area contributed by atoms with Gasteiger partial charge < -0.3 is 0 Å². The lowest BCUT2D eigenvalue weighted by Gasteiger charge is -2.29. The van der Waals surface area contributed by atoms with E-state index in [0.29, 0.717) is 23.7 Å². The minimum atomic E-state index is -0.0556. The van der Waals surface area contributed by atoms with Gasteiger partial charge in [0.05, 0.1) is 5.92 Å². The fourth-order valence-electron chi connectivity index (χ4n) is 4.07. The Bertz CT molecular complexity index is 1190. The largest absolute Gasteiger partial charge is 0.242 e. The molecule has 0 spiro atoms. The molecule has 7 nitrogen and oxygen atoms in total. The van der Waals surface area contributed by atoms with Crippen molar-refractivity contribution in [3.63, 3.8) is 0 Å². The van der Waals surface area contributed by atoms with E-state index < -0.39 is 0 Å². The molecule has 4 aliphatic rings. The van der Waals surface area contributed by atoms with Crippen LogP contribution in [0.5, 0.6) is 0 Å². The van der Waals surface area contributed by atoms with Crippen LogP contribution in [0.1, 0.15) is 28.2 Å². The summed E-state index contributed by atoms with van der Waals surface area (Å²) in [6, 6.07) is 13.1. The second-order valence-electron chi connectivity index (χ2n) is 7.18. The number of aliphatic imine (C=N–C) groups is 6. The van der Waals surface area contributed by atoms with Crippen LogP contribution in [-0.2, 0) is 0 Å². The molecule has 3 aliphatic heterocycles. The van der Waals surface area contributed by atoms with Gasteiger partial charge in [0.25, 0.3) is 0 Å². The number of aryl methyl sites for hydroxylation is 2. The van der Waals surface area contributed by atoms with E-state index in [1.807, 2.05) is 0 Å². The highest BCUT2D eigenvalue weighted by molar-refractivity contribution is 6.28. The predicted molar refractivity (Wildman–Crippen MR) is 112 cm³/mol. The van der Waals surface area contributed by atoms with Gasteiger partial charge in [0, 0.05) is 0 Å². The first-order valence-electron chi connectivity index (χ1n) is 9.08. The van der Waals surface area contributed by atoms with Gasteiger partial charge in [-0.15, -0.1) is 0 Å². The van der Waals surface area contributed by atoms with Crippen LogP contribution in [0.25, 0.3) is 11.1 Å². The van der Waals surface area contributed by atoms with Crippen LogP contribution in [0.15, 0.2) is 66.4 Å². The Balaban J connectivity index is 1.58. The van der Waals surface area contributed by atoms with E-state index >= 15 is 0 Å². The molecule has 0 saturated carbocycles. The van der Waals surface area contributed by atoms with Gasteiger partial charge in [0.1, 0.15) is 18.5 Å². The normalized spacial score (nSPS) is 18.7. The van der Waals surface area contributed by atoms with E-state index in [-0.39, 0.29) is 5.92 Å². The Hall–Kier alpha value is -3.74. The van der Waals surface area contributed by atoms with Gasteiger partial charge in [-0.25, -0.2) is 24.9 Å². The number of hydrogen-bond donors (Lipinski definition) is 0. The number of benzene rings is 2. The molecule has 7 heteroatoms. The van der Waals surface area contributed by atoms with E-state index in [1.165, 1.54) is 46.1 Å². The molecule has 0 N–H and O–H groups in total. The summed E-state index contributed by atoms with van der Waals surface area (Å²) in [6.45, 7) is 4.24. The topological polar surface area (TPSA) is 77.4 Å². The maximum absolute atomic E-state index is 4.77. The van der Waals surface area contributed by atoms with Crippen molar-refractivity contribution < 1.29 is 0 Å². The first-order valence-corrected chi connectivity index (χ1v) is 9.08. The molecule has 0 fully saturated rings. The minimum Gasteiger partial charge on any atom is -0.213 e. The monoisotopic (exact) mass is 365 g/mol. The van der Waals surface area contributed by atoms with Gasteiger partial charge in [-0.05, 0) is 36.1 Å². The van der Waals surface area contributed by atoms with Gasteiger partial charge in [-0.3, -0.25) is 0 Å². The summed E-state index contributed by atoms with van der Waals surface area (Å²) in [6.07, 6.45) is 2.94. The Labute approximate surface area is 161 Å². The second-order valence-corrected chi connectivity index (χ2v) is 7.18. The highest BCUT2D eigenvalue weighted by Crippen LogP contribution is 2.46. The molecule has 134 valence electrons. The fourth-order valence-corrected chi connectivity index (χ4v) is 4.07. The van der Waals surface area contributed by atoms with Gasteiger partial charge in [-0.1, -0.05) is 47.5 Å². The van der Waals surface area contributed by atoms with Crippen LogP contribution in [0, 0.1) is 13.8 Å². The molecular weight excluding hydrogens is 350 g/mol. The number of nitrogens with zero attached hydrogens (tertiary/aromatic N) is 7. The number of rotatable bonds is 1. The average Bonchev–Trinajstić information content (AvgIpc) is 3.01. The van der Waals surface area contributed by atoms with Crippen LogP contribution in [0.3, 0.4) is 0 Å². The Morgan fingerprint density at radius 1 is 0.714 bits per heavy atom. The summed E-state index contributed by atoms with van der Waals surface area (Å²) >= 11 is 0. The summed E-state index contributed by atoms with van der Waals surface area (Å²) in [4.78, 5) is 28.2. The van der Waals surface area contributed by atoms with Crippen molar-refractivity contribution in [3.05, 3.63) is 58.7 Å². The van der Waals surface area contributed by atoms with E-state index in [1.54, 1.807) is 4.90 Å². The molecule has 3 heterocycles. The maximum Gasteiger partial charge on any atom is 0.242 e. The van der Waals surface area contributed by atoms with E-state index in [2.05, 4.69) is 70.2 Å². The number of hydrogen-bond acceptors (Lipinski definition) is 7. The van der Waals surface area contributed by atoms with Gasteiger partial charge in [-0.2, -0.15) is 9.98 Å². The zero-order valence-corrected chi connectivity index (χ0v) is 15.3. The van der Waals surface area contributed by atoms with Crippen LogP contribution in [0.4, 0.5) is 0 Å². The molecule has 6 rings (SSSR count). The molecule has 28 heavy (non-hydrogen) atoms. The van der Waals surface area contributed by atoms with Crippen molar-refractivity contribution in [3.8, 4) is 11.1 Å². The molecule has 0 amide bonds. The van der Waals surface area contributed by atoms with Gasteiger partial charge >= 0.3 is 0 Å². The van der Waals surface area contributed by atoms with Crippen molar-refractivity contribution in [1.29, 1.82) is 0 Å². The van der Waals surface area contributed by atoms with E-state index in [0.717, 1.165) is 0 Å². The molecule has 0 saturated heterocycles. The van der Waals surface area contributed by atoms with Gasteiger partial charge in [0.15, 0.2) is 0 Å². The van der Waals surface area contributed by atoms with Crippen molar-refractivity contribution in [2.75, 3.05) is 0 Å². The van der Waals surface area contributed by atoms with Crippen LogP contribution >= 0.6 is 0 Å². The predicted octanol–water partition coefficient (Wildman–Crippen LogP) is 3.28. The SMILES string of the molecule is Cc1ccc2c(c1)-c1cc(C)ccc1C2C1=NC2=NC=NC3=NC=NC(=N1)N32. The minimum absolute atomic E-state index is 0.0556. The highest BCUT2D eigenvalue weighted by Gasteiger charge is 2.38. The Kier molecular flexibility index (Phi) is 2.95. The first kappa shape index (κ1) is 15.3. The smallest absolute Gasteiger partial charge is 0.213 e. The van der Waals surface area contributed by atoms with Crippen LogP contribution in [0.2, 0.25) is 0 Å². The molecular formula is C21H15N7. The first-order chi connectivity index (χ1) is 13.7. The van der Waals surface area contributed by atoms with Crippen LogP contribution in [-0.4, -0.2) is 41.3 Å². The molecule has 0 bridgehead atoms. The second kappa shape index (κ2) is 5.39. The number of guanidine groups is 3. The third kappa shape index (κ3) is 2.04.